The van der Waals surface area contributed by atoms with E-state index < -0.39 is 39.0 Å². The number of fused-ring (bicyclic) bond motifs is 1. The number of nitrogens with zero attached hydrogens (tertiary/aromatic N) is 5. The molecule has 2 aromatic rings. The number of hydrogen-bond acceptors (Lipinski definition) is 11. The third-order valence-electron chi connectivity index (χ3n) is 6.83. The molecule has 0 aliphatic carbocycles. The van der Waals surface area contributed by atoms with Gasteiger partial charge in [-0.15, -0.1) is 0 Å². The van der Waals surface area contributed by atoms with Crippen molar-refractivity contribution in [2.45, 2.75) is 115 Å². The minimum absolute atomic E-state index is 0. The smallest absolute Gasteiger partial charge is 0.862 e. The predicted molar refractivity (Wildman–Crippen MR) is 140 cm³/mol. The van der Waals surface area contributed by atoms with Gasteiger partial charge in [0, 0.05) is 0 Å². The van der Waals surface area contributed by atoms with Crippen molar-refractivity contribution in [3.05, 3.63) is 12.7 Å². The number of aliphatic hydroxyl groups excluding tert-OH is 2. The fraction of sp³-hybridized carbons (Fsp3) is 0.760. The van der Waals surface area contributed by atoms with Crippen LogP contribution in [0.15, 0.2) is 17.6 Å². The van der Waals surface area contributed by atoms with Crippen molar-refractivity contribution in [3.8, 4) is 0 Å². The second-order valence-corrected chi connectivity index (χ2v) is 11.2. The van der Waals surface area contributed by atoms with Crippen molar-refractivity contribution < 1.29 is 98.0 Å². The van der Waals surface area contributed by atoms with Gasteiger partial charge in [-0.3, -0.25) is 9.13 Å². The Morgan fingerprint density at radius 2 is 1.59 bits per heavy atom. The van der Waals surface area contributed by atoms with Crippen LogP contribution < -0.4 is 69.1 Å². The monoisotopic (exact) mass is 615 g/mol. The summed E-state index contributed by atoms with van der Waals surface area (Å²) in [6.07, 6.45) is 11.8. The van der Waals surface area contributed by atoms with Crippen LogP contribution in [0.1, 0.15) is 96.6 Å². The number of rotatable bonds is 18. The summed E-state index contributed by atoms with van der Waals surface area (Å²) in [6, 6.07) is 0. The van der Waals surface area contributed by atoms with Crippen LogP contribution >= 0.6 is 7.82 Å². The predicted octanol–water partition coefficient (Wildman–Crippen LogP) is -3.59. The number of hydrogen-bond donors (Lipinski definition) is 3. The summed E-state index contributed by atoms with van der Waals surface area (Å²) < 4.78 is 22.0. The number of aliphatic hydroxyl groups is 2. The molecule has 1 fully saturated rings. The number of phosphoric ester groups is 1. The molecule has 2 aromatic heterocycles. The Kier molecular flexibility index (Phi) is 19.2. The maximum atomic E-state index is 12.5. The number of phosphoric acid groups is 1. The maximum absolute atomic E-state index is 12.5. The Morgan fingerprint density at radius 1 is 1.00 bits per heavy atom. The summed E-state index contributed by atoms with van der Waals surface area (Å²) in [5.74, 6) is -0.226. The molecule has 0 aromatic carbocycles. The minimum atomic E-state index is -5.03. The van der Waals surface area contributed by atoms with E-state index in [0.29, 0.717) is 6.42 Å². The van der Waals surface area contributed by atoms with Gasteiger partial charge in [-0.1, -0.05) is 77.6 Å². The molecule has 1 unspecified atom stereocenters. The molecule has 3 heterocycles. The average Bonchev–Trinajstić information content (AvgIpc) is 3.44. The first-order chi connectivity index (χ1) is 18.7. The van der Waals surface area contributed by atoms with E-state index in [1.54, 1.807) is 0 Å². The standard InChI is InChI=1S/C25H42N5O8P.2Na/c1-2-3-4-5-6-7-8-9-10-11-12-13-14-19(31)29-23-20-24(27-16-26-23)30(17-28-20)25-22(33)21(32)18(38-25)15-37-39(34,35)36;;/h16-18,21-22,25,32-33H,2-15H2,1H3,(H2,34,35,36)(H,26,27,29,31);;/q;2*+1/p-2/t18-,21-,22-,25-;;/m1../s1. The van der Waals surface area contributed by atoms with E-state index in [1.807, 2.05) is 0 Å². The number of unbranched alkanes of at least 4 members (excludes halogenated alkanes) is 11. The van der Waals surface area contributed by atoms with Gasteiger partial charge in [-0.25, -0.2) is 19.9 Å². The van der Waals surface area contributed by atoms with Gasteiger partial charge >= 0.3 is 59.1 Å². The molecule has 0 saturated carbocycles. The SMILES string of the molecule is CCCCCCCCCCCCCCC([O-])=Nc1ncnc2c1ncn2[C@@H]1O[C@H](COP(=O)([O-])O)[C@@H](O)[C@H]1O.[Na+].[Na+]. The van der Waals surface area contributed by atoms with E-state index in [4.69, 9.17) is 9.63 Å². The topological polar surface area (TPSA) is 198 Å². The molecular weight excluding hydrogens is 575 g/mol. The van der Waals surface area contributed by atoms with Gasteiger partial charge in [0.15, 0.2) is 23.2 Å². The van der Waals surface area contributed by atoms with E-state index >= 15 is 0 Å². The molecule has 3 rings (SSSR count). The van der Waals surface area contributed by atoms with Gasteiger partial charge in [0.1, 0.15) is 24.6 Å². The van der Waals surface area contributed by atoms with Gasteiger partial charge in [-0.05, 0) is 18.7 Å². The first kappa shape index (κ1) is 39.0. The average molecular weight is 616 g/mol. The second-order valence-electron chi connectivity index (χ2n) is 9.98. The zero-order valence-electron chi connectivity index (χ0n) is 24.4. The van der Waals surface area contributed by atoms with Crippen LogP contribution in [0.4, 0.5) is 5.82 Å². The zero-order valence-corrected chi connectivity index (χ0v) is 29.3. The van der Waals surface area contributed by atoms with Crippen LogP contribution in [0.2, 0.25) is 0 Å². The minimum Gasteiger partial charge on any atom is -0.862 e. The molecule has 1 saturated heterocycles. The van der Waals surface area contributed by atoms with Crippen LogP contribution in [0.25, 0.3) is 11.2 Å². The maximum Gasteiger partial charge on any atom is 1.00 e. The molecule has 13 nitrogen and oxygen atoms in total. The van der Waals surface area contributed by atoms with Crippen LogP contribution in [0.5, 0.6) is 0 Å². The molecular formula is C25H40N5Na2O8P. The zero-order chi connectivity index (χ0) is 28.3. The third-order valence-corrected chi connectivity index (χ3v) is 7.30. The fourth-order valence-corrected chi connectivity index (χ4v) is 5.00. The van der Waals surface area contributed by atoms with E-state index in [0.717, 1.165) is 19.3 Å². The Morgan fingerprint density at radius 3 is 2.17 bits per heavy atom. The molecule has 41 heavy (non-hydrogen) atoms. The number of imidazole rings is 1. The quantitative estimate of drug-likeness (QED) is 0.0493. The fourth-order valence-electron chi connectivity index (χ4n) is 4.66. The first-order valence-electron chi connectivity index (χ1n) is 13.8. The summed E-state index contributed by atoms with van der Waals surface area (Å²) in [5, 5.41) is 33.1. The Bertz CT molecular complexity index is 1110. The third kappa shape index (κ3) is 12.9. The molecule has 0 spiro atoms. The van der Waals surface area contributed by atoms with Crippen molar-refractivity contribution in [2.24, 2.45) is 4.99 Å². The van der Waals surface area contributed by atoms with Crippen molar-refractivity contribution in [1.29, 1.82) is 0 Å². The molecule has 0 amide bonds. The number of aromatic nitrogens is 4. The number of aliphatic imine (C=N–C) groups is 1. The van der Waals surface area contributed by atoms with E-state index in [1.165, 1.54) is 75.0 Å². The second kappa shape index (κ2) is 20.1. The molecule has 16 heteroatoms. The molecule has 0 radical (unpaired) electrons. The van der Waals surface area contributed by atoms with Gasteiger partial charge in [-0.2, -0.15) is 0 Å². The van der Waals surface area contributed by atoms with Crippen LogP contribution in [0, 0.1) is 0 Å². The molecule has 0 bridgehead atoms. The summed E-state index contributed by atoms with van der Waals surface area (Å²) in [7, 11) is -5.03. The van der Waals surface area contributed by atoms with E-state index in [2.05, 4.69) is 31.4 Å². The van der Waals surface area contributed by atoms with Gasteiger partial charge < -0.3 is 34.4 Å². The van der Waals surface area contributed by atoms with Gasteiger partial charge in [0.05, 0.1) is 12.9 Å². The number of ether oxygens (including phenoxy) is 1. The Hall–Kier alpha value is 0.01000. The Labute approximate surface area is 285 Å². The van der Waals surface area contributed by atoms with Crippen molar-refractivity contribution in [2.75, 3.05) is 6.61 Å². The van der Waals surface area contributed by atoms with Gasteiger partial charge in [0.2, 0.25) is 0 Å². The summed E-state index contributed by atoms with van der Waals surface area (Å²) in [5.41, 5.74) is 0.418. The molecule has 1 aliphatic heterocycles. The van der Waals surface area contributed by atoms with Crippen LogP contribution in [-0.4, -0.2) is 65.4 Å². The van der Waals surface area contributed by atoms with E-state index in [-0.39, 0.29) is 82.0 Å². The Balaban J connectivity index is 0.00000420. The summed E-state index contributed by atoms with van der Waals surface area (Å²) in [6.45, 7) is 1.54. The molecule has 220 valence electrons. The van der Waals surface area contributed by atoms with Crippen molar-refractivity contribution in [1.82, 2.24) is 19.5 Å². The molecule has 1 aliphatic rings. The normalized spacial score (nSPS) is 22.3. The summed E-state index contributed by atoms with van der Waals surface area (Å²) >= 11 is 0. The summed E-state index contributed by atoms with van der Waals surface area (Å²) in [4.78, 5) is 36.1. The first-order valence-corrected chi connectivity index (χ1v) is 15.3. The largest absolute Gasteiger partial charge is 1.00 e. The van der Waals surface area contributed by atoms with Crippen molar-refractivity contribution in [3.63, 3.8) is 0 Å². The van der Waals surface area contributed by atoms with E-state index in [9.17, 15) is 24.8 Å². The van der Waals surface area contributed by atoms with Crippen LogP contribution in [-0.2, 0) is 13.8 Å². The molecule has 5 atom stereocenters. The van der Waals surface area contributed by atoms with Gasteiger partial charge in [0.25, 0.3) is 7.82 Å². The molecule has 3 N–H and O–H groups in total. The van der Waals surface area contributed by atoms with Crippen molar-refractivity contribution >= 4 is 30.7 Å². The van der Waals surface area contributed by atoms with Crippen LogP contribution in [0.3, 0.4) is 0 Å².